The quantitative estimate of drug-likeness (QED) is 0.636. The molecule has 144 valence electrons. The van der Waals surface area contributed by atoms with Gasteiger partial charge in [0.2, 0.25) is 5.91 Å². The van der Waals surface area contributed by atoms with Gasteiger partial charge in [0.05, 0.1) is 11.1 Å². The Labute approximate surface area is 168 Å². The number of nitrogens with zero attached hydrogens (tertiary/aromatic N) is 1. The van der Waals surface area contributed by atoms with E-state index in [2.05, 4.69) is 41.9 Å². The van der Waals surface area contributed by atoms with Crippen molar-refractivity contribution in [3.05, 3.63) is 76.5 Å². The molecule has 0 unspecified atom stereocenters. The van der Waals surface area contributed by atoms with E-state index >= 15 is 0 Å². The highest BCUT2D eigenvalue weighted by Crippen LogP contribution is 2.44. The predicted octanol–water partition coefficient (Wildman–Crippen LogP) is 5.04. The number of hydrogen-bond donors (Lipinski definition) is 1. The van der Waals surface area contributed by atoms with Gasteiger partial charge in [-0.1, -0.05) is 48.4 Å². The summed E-state index contributed by atoms with van der Waals surface area (Å²) in [6.07, 6.45) is 3.36. The van der Waals surface area contributed by atoms with Crippen molar-refractivity contribution in [2.75, 3.05) is 6.54 Å². The lowest BCUT2D eigenvalue weighted by Crippen LogP contribution is -2.49. The van der Waals surface area contributed by atoms with Crippen LogP contribution in [-0.4, -0.2) is 17.4 Å². The van der Waals surface area contributed by atoms with Crippen molar-refractivity contribution in [2.45, 2.75) is 38.0 Å². The predicted molar refractivity (Wildman–Crippen MR) is 111 cm³/mol. The van der Waals surface area contributed by atoms with Gasteiger partial charge in [-0.3, -0.25) is 4.79 Å². The molecule has 3 nitrogen and oxygen atoms in total. The van der Waals surface area contributed by atoms with Crippen LogP contribution in [0.3, 0.4) is 0 Å². The van der Waals surface area contributed by atoms with E-state index in [1.165, 1.54) is 17.7 Å². The first kappa shape index (κ1) is 18.8. The number of carbonyl (C=O) groups excluding carboxylic acids is 1. The normalized spacial score (nSPS) is 15.1. The maximum atomic E-state index is 13.2. The van der Waals surface area contributed by atoms with Crippen LogP contribution in [-0.2, 0) is 16.6 Å². The molecule has 5 heteroatoms. The lowest BCUT2D eigenvalue weighted by atomic mass is 9.64. The molecule has 0 spiro atoms. The highest BCUT2D eigenvalue weighted by molar-refractivity contribution is 7.13. The van der Waals surface area contributed by atoms with Crippen LogP contribution < -0.4 is 5.32 Å². The van der Waals surface area contributed by atoms with E-state index in [1.54, 1.807) is 23.5 Å². The first-order valence-corrected chi connectivity index (χ1v) is 10.5. The largest absolute Gasteiger partial charge is 0.355 e. The van der Waals surface area contributed by atoms with Gasteiger partial charge in [-0.15, -0.1) is 11.3 Å². The number of aromatic nitrogens is 1. The molecule has 1 aromatic heterocycles. The standard InChI is InChI=1S/C23H23FN2OS/c1-16-3-5-17(6-4-16)21-26-20(15-28-21)11-14-25-22(27)23(12-2-13-23)18-7-9-19(24)10-8-18/h3-10,15H,2,11-14H2,1H3,(H,25,27). The van der Waals surface area contributed by atoms with E-state index in [0.29, 0.717) is 13.0 Å². The number of benzene rings is 2. The number of nitrogens with one attached hydrogen (secondary N) is 1. The van der Waals surface area contributed by atoms with E-state index < -0.39 is 5.41 Å². The minimum atomic E-state index is -0.497. The average Bonchev–Trinajstić information content (AvgIpc) is 3.12. The molecule has 3 aromatic rings. The number of aryl methyl sites for hydroxylation is 1. The summed E-state index contributed by atoms with van der Waals surface area (Å²) in [5.41, 5.74) is 3.76. The van der Waals surface area contributed by atoms with Gasteiger partial charge in [0, 0.05) is 23.9 Å². The fourth-order valence-electron chi connectivity index (χ4n) is 3.67. The third kappa shape index (κ3) is 3.72. The second kappa shape index (κ2) is 7.84. The van der Waals surface area contributed by atoms with Crippen LogP contribution in [0.4, 0.5) is 4.39 Å². The van der Waals surface area contributed by atoms with E-state index in [-0.39, 0.29) is 11.7 Å². The fourth-order valence-corrected chi connectivity index (χ4v) is 4.53. The Morgan fingerprint density at radius 2 is 1.86 bits per heavy atom. The molecule has 1 saturated carbocycles. The smallest absolute Gasteiger partial charge is 0.230 e. The lowest BCUT2D eigenvalue weighted by Gasteiger charge is -2.40. The van der Waals surface area contributed by atoms with Crippen molar-refractivity contribution in [2.24, 2.45) is 0 Å². The first-order chi connectivity index (χ1) is 13.6. The highest BCUT2D eigenvalue weighted by Gasteiger charge is 2.45. The molecule has 0 atom stereocenters. The summed E-state index contributed by atoms with van der Waals surface area (Å²) in [4.78, 5) is 17.6. The molecule has 1 aliphatic carbocycles. The van der Waals surface area contributed by atoms with Crippen LogP contribution in [0.2, 0.25) is 0 Å². The van der Waals surface area contributed by atoms with Crippen molar-refractivity contribution < 1.29 is 9.18 Å². The summed E-state index contributed by atoms with van der Waals surface area (Å²) < 4.78 is 13.2. The maximum absolute atomic E-state index is 13.2. The van der Waals surface area contributed by atoms with E-state index in [1.807, 2.05) is 0 Å². The number of carbonyl (C=O) groups is 1. The third-order valence-electron chi connectivity index (χ3n) is 5.56. The molecule has 1 amide bonds. The number of halogens is 1. The number of thiazole rings is 1. The molecular weight excluding hydrogens is 371 g/mol. The molecule has 2 aromatic carbocycles. The third-order valence-corrected chi connectivity index (χ3v) is 6.50. The zero-order valence-electron chi connectivity index (χ0n) is 15.9. The highest BCUT2D eigenvalue weighted by atomic mass is 32.1. The molecule has 1 heterocycles. The molecule has 28 heavy (non-hydrogen) atoms. The first-order valence-electron chi connectivity index (χ1n) is 9.63. The Morgan fingerprint density at radius 1 is 1.14 bits per heavy atom. The van der Waals surface area contributed by atoms with E-state index in [0.717, 1.165) is 41.1 Å². The van der Waals surface area contributed by atoms with Crippen molar-refractivity contribution in [1.29, 1.82) is 0 Å². The van der Waals surface area contributed by atoms with E-state index in [4.69, 9.17) is 4.98 Å². The van der Waals surface area contributed by atoms with Gasteiger partial charge < -0.3 is 5.32 Å². The SMILES string of the molecule is Cc1ccc(-c2nc(CCNC(=O)C3(c4ccc(F)cc4)CCC3)cs2)cc1. The second-order valence-electron chi connectivity index (χ2n) is 7.46. The number of rotatable bonds is 6. The van der Waals surface area contributed by atoms with Crippen molar-refractivity contribution >= 4 is 17.2 Å². The van der Waals surface area contributed by atoms with Gasteiger partial charge in [-0.05, 0) is 37.5 Å². The van der Waals surface area contributed by atoms with Gasteiger partial charge in [0.25, 0.3) is 0 Å². The van der Waals surface area contributed by atoms with Gasteiger partial charge in [-0.25, -0.2) is 9.37 Å². The Kier molecular flexibility index (Phi) is 5.27. The molecule has 4 rings (SSSR count). The van der Waals surface area contributed by atoms with Crippen LogP contribution >= 0.6 is 11.3 Å². The zero-order valence-corrected chi connectivity index (χ0v) is 16.7. The van der Waals surface area contributed by atoms with Crippen LogP contribution in [0.5, 0.6) is 0 Å². The fraction of sp³-hybridized carbons (Fsp3) is 0.304. The topological polar surface area (TPSA) is 42.0 Å². The van der Waals surface area contributed by atoms with Crippen LogP contribution in [0.1, 0.15) is 36.1 Å². The Bertz CT molecular complexity index is 959. The summed E-state index contributed by atoms with van der Waals surface area (Å²) in [7, 11) is 0. The molecule has 0 aliphatic heterocycles. The molecule has 0 radical (unpaired) electrons. The summed E-state index contributed by atoms with van der Waals surface area (Å²) in [5, 5.41) is 6.13. The van der Waals surface area contributed by atoms with Gasteiger partial charge >= 0.3 is 0 Å². The number of hydrogen-bond acceptors (Lipinski definition) is 3. The minimum Gasteiger partial charge on any atom is -0.355 e. The van der Waals surface area contributed by atoms with Gasteiger partial charge in [0.15, 0.2) is 0 Å². The van der Waals surface area contributed by atoms with Crippen LogP contribution in [0.25, 0.3) is 10.6 Å². The Hall–Kier alpha value is -2.53. The number of amides is 1. The van der Waals surface area contributed by atoms with Crippen LogP contribution in [0.15, 0.2) is 53.9 Å². The van der Waals surface area contributed by atoms with Crippen molar-refractivity contribution in [3.63, 3.8) is 0 Å². The molecule has 0 saturated heterocycles. The zero-order chi connectivity index (χ0) is 19.6. The summed E-state index contributed by atoms with van der Waals surface area (Å²) in [6.45, 7) is 2.62. The van der Waals surface area contributed by atoms with Gasteiger partial charge in [-0.2, -0.15) is 0 Å². The van der Waals surface area contributed by atoms with Crippen molar-refractivity contribution in [1.82, 2.24) is 10.3 Å². The lowest BCUT2D eigenvalue weighted by molar-refractivity contribution is -0.129. The molecule has 0 bridgehead atoms. The average molecular weight is 395 g/mol. The molecule has 1 N–H and O–H groups in total. The van der Waals surface area contributed by atoms with Crippen molar-refractivity contribution in [3.8, 4) is 10.6 Å². The molecule has 1 aliphatic rings. The minimum absolute atomic E-state index is 0.0411. The summed E-state index contributed by atoms with van der Waals surface area (Å²) in [6, 6.07) is 14.7. The van der Waals surface area contributed by atoms with E-state index in [9.17, 15) is 9.18 Å². The summed E-state index contributed by atoms with van der Waals surface area (Å²) >= 11 is 1.63. The Morgan fingerprint density at radius 3 is 2.50 bits per heavy atom. The van der Waals surface area contributed by atoms with Gasteiger partial charge in [0.1, 0.15) is 10.8 Å². The molecular formula is C23H23FN2OS. The monoisotopic (exact) mass is 394 g/mol. The maximum Gasteiger partial charge on any atom is 0.230 e. The van der Waals surface area contributed by atoms with Crippen LogP contribution in [0, 0.1) is 12.7 Å². The molecule has 1 fully saturated rings. The Balaban J connectivity index is 1.36. The summed E-state index contributed by atoms with van der Waals surface area (Å²) in [5.74, 6) is -0.231. The second-order valence-corrected chi connectivity index (χ2v) is 8.32.